The van der Waals surface area contributed by atoms with Crippen molar-refractivity contribution in [2.45, 2.75) is 94.3 Å². The van der Waals surface area contributed by atoms with Crippen molar-refractivity contribution in [1.82, 2.24) is 0 Å². The molecule has 0 aromatic heterocycles. The van der Waals surface area contributed by atoms with Crippen molar-refractivity contribution in [3.63, 3.8) is 0 Å². The van der Waals surface area contributed by atoms with Gasteiger partial charge in [0, 0.05) is 16.2 Å². The molecule has 0 amide bonds. The molecule has 8 bridgehead atoms. The van der Waals surface area contributed by atoms with E-state index in [9.17, 15) is 0 Å². The van der Waals surface area contributed by atoms with Crippen molar-refractivity contribution >= 4 is 43.1 Å². The summed E-state index contributed by atoms with van der Waals surface area (Å²) in [6.45, 7) is 4.75. The van der Waals surface area contributed by atoms with Gasteiger partial charge in [-0.3, -0.25) is 0 Å². The third-order valence-electron chi connectivity index (χ3n) is 32.6. The van der Waals surface area contributed by atoms with Crippen LogP contribution in [0.1, 0.15) is 111 Å². The highest BCUT2D eigenvalue weighted by atomic mass is 14.7. The van der Waals surface area contributed by atoms with Crippen LogP contribution >= 0.6 is 0 Å². The predicted molar refractivity (Wildman–Crippen MR) is 516 cm³/mol. The van der Waals surface area contributed by atoms with Crippen molar-refractivity contribution in [1.29, 1.82) is 0 Å². The van der Waals surface area contributed by atoms with Crippen LogP contribution in [-0.2, 0) is 16.2 Å². The first-order valence-corrected chi connectivity index (χ1v) is 45.8. The summed E-state index contributed by atoms with van der Waals surface area (Å²) in [4.78, 5) is 0. The molecule has 0 heteroatoms. The van der Waals surface area contributed by atoms with Crippen LogP contribution in [-0.4, -0.2) is 0 Å². The Labute approximate surface area is 722 Å². The van der Waals surface area contributed by atoms with Crippen LogP contribution < -0.4 is 0 Å². The average molecular weight is 1570 g/mol. The molecule has 0 N–H and O–H groups in total. The van der Waals surface area contributed by atoms with Crippen LogP contribution in [0.4, 0.5) is 0 Å². The standard InChI is InChI=1S/C63H50.C60H46/c1-62(2)56-17-9-7-11-48(56)50-30-28-45(37-58(50)62)61-54-15-5-3-13-52(54)60(53-14-4-6-16-55(53)61)43-25-23-41(24-26-43)40-19-21-42(22-20-40)44-27-29-51-49-12-8-10-18-57(49)63(59(51)36-44)46-32-38-31-39(34-46)35-47(63)33-38;1-2-12-43(13-3-1)48-14-4-5-16-51(48)59-54-19-8-6-17-52(54)58(53-18-7-9-20-55(53)59)44-28-26-41(27-29-44)40-22-24-42(25-23-40)45-30-31-50-49-15-10-11-21-56(49)60(57(50)37-45)46-33-38-32-39(35-46)36-47(60)34-38/h3-30,36-39,46-47H,31-35H2,1-2H3;1-31,37-39,46-47H,32-36H2. The fourth-order valence-corrected chi connectivity index (χ4v) is 27.9. The van der Waals surface area contributed by atoms with E-state index >= 15 is 0 Å². The minimum absolute atomic E-state index is 0.0538. The normalized spacial score (nSPS) is 22.5. The van der Waals surface area contributed by atoms with Crippen LogP contribution in [0.25, 0.3) is 177 Å². The summed E-state index contributed by atoms with van der Waals surface area (Å²) in [5.41, 5.74) is 41.4. The molecule has 8 fully saturated rings. The zero-order valence-electron chi connectivity index (χ0n) is 70.0. The molecule has 0 unspecified atom stereocenters. The van der Waals surface area contributed by atoms with E-state index in [1.54, 1.807) is 22.3 Å². The smallest absolute Gasteiger partial charge is 0.0272 e. The van der Waals surface area contributed by atoms with E-state index in [1.165, 1.54) is 252 Å². The Kier molecular flexibility index (Phi) is 16.0. The predicted octanol–water partition coefficient (Wildman–Crippen LogP) is 32.7. The Morgan fingerprint density at radius 2 is 0.407 bits per heavy atom. The maximum atomic E-state index is 2.62. The van der Waals surface area contributed by atoms with Gasteiger partial charge < -0.3 is 0 Å². The van der Waals surface area contributed by atoms with Crippen molar-refractivity contribution in [2.24, 2.45) is 47.3 Å². The molecule has 11 aliphatic carbocycles. The molecule has 29 rings (SSSR count). The van der Waals surface area contributed by atoms with Crippen LogP contribution in [0.5, 0.6) is 0 Å². The second-order valence-electron chi connectivity index (χ2n) is 38.8. The van der Waals surface area contributed by atoms with Crippen LogP contribution in [0.3, 0.4) is 0 Å². The van der Waals surface area contributed by atoms with Gasteiger partial charge in [0.2, 0.25) is 0 Å². The van der Waals surface area contributed by atoms with Crippen molar-refractivity contribution in [3.05, 3.63) is 409 Å². The lowest BCUT2D eigenvalue weighted by Gasteiger charge is -2.61. The van der Waals surface area contributed by atoms with Gasteiger partial charge in [0.05, 0.1) is 0 Å². The number of benzene rings is 18. The fourth-order valence-electron chi connectivity index (χ4n) is 27.9. The quantitative estimate of drug-likeness (QED) is 0.126. The number of rotatable bonds is 9. The van der Waals surface area contributed by atoms with E-state index in [2.05, 4.69) is 390 Å². The Bertz CT molecular complexity index is 7200. The van der Waals surface area contributed by atoms with Gasteiger partial charge in [0.15, 0.2) is 0 Å². The lowest BCUT2D eigenvalue weighted by molar-refractivity contribution is -0.0399. The summed E-state index contributed by atoms with van der Waals surface area (Å²) in [7, 11) is 0. The minimum Gasteiger partial charge on any atom is -0.0622 e. The topological polar surface area (TPSA) is 0 Å². The van der Waals surface area contributed by atoms with Gasteiger partial charge in [0.1, 0.15) is 0 Å². The zero-order chi connectivity index (χ0) is 81.0. The van der Waals surface area contributed by atoms with Gasteiger partial charge in [-0.1, -0.05) is 372 Å². The van der Waals surface area contributed by atoms with Crippen molar-refractivity contribution in [2.75, 3.05) is 0 Å². The fraction of sp³-hybridized carbons (Fsp3) is 0.187. The molecule has 0 heterocycles. The first-order chi connectivity index (χ1) is 60.7. The summed E-state index contributed by atoms with van der Waals surface area (Å²) >= 11 is 0. The number of fused-ring (bicyclic) bond motifs is 13. The first-order valence-electron chi connectivity index (χ1n) is 45.8. The highest BCUT2D eigenvalue weighted by Crippen LogP contribution is 2.72. The zero-order valence-corrected chi connectivity index (χ0v) is 70.0. The molecule has 11 aliphatic rings. The molecule has 18 aromatic rings. The summed E-state index contributed by atoms with van der Waals surface area (Å²) in [5.74, 6) is 6.92. The van der Waals surface area contributed by atoms with E-state index in [0.717, 1.165) is 47.3 Å². The first kappa shape index (κ1) is 71.7. The highest BCUT2D eigenvalue weighted by Gasteiger charge is 2.63. The summed E-state index contributed by atoms with van der Waals surface area (Å²) in [6, 6.07) is 143. The second-order valence-corrected chi connectivity index (χ2v) is 38.8. The van der Waals surface area contributed by atoms with Crippen molar-refractivity contribution < 1.29 is 0 Å². The molecule has 123 heavy (non-hydrogen) atoms. The van der Waals surface area contributed by atoms with E-state index in [1.807, 2.05) is 0 Å². The highest BCUT2D eigenvalue weighted by molar-refractivity contribution is 6.24. The van der Waals surface area contributed by atoms with Gasteiger partial charge in [-0.2, -0.15) is 0 Å². The SMILES string of the molecule is CC1(C)c2ccccc2-c2ccc(-c3c4ccccc4c(-c4ccc(-c5ccc(-c6ccc7c(c6)C6(c8ccccc8-7)C7CC8CC(C7)CC6C8)cc5)cc4)c4ccccc34)cc21.c1ccc(-c2ccccc2-c2c3ccccc3c(-c3ccc(-c4ccc(-c5ccc6c(c5)C5(c7ccccc7-6)C6CC7CC(C6)CC5C7)cc4)cc3)c3ccccc23)cc1. The molecule has 0 nitrogen and oxygen atoms in total. The Morgan fingerprint density at radius 3 is 0.780 bits per heavy atom. The molecule has 18 aromatic carbocycles. The van der Waals surface area contributed by atoms with E-state index in [0.29, 0.717) is 0 Å². The molecule has 0 atom stereocenters. The number of hydrogen-bond acceptors (Lipinski definition) is 0. The molecule has 0 radical (unpaired) electrons. The third-order valence-corrected chi connectivity index (χ3v) is 32.6. The molecule has 0 saturated heterocycles. The van der Waals surface area contributed by atoms with Crippen LogP contribution in [0.2, 0.25) is 0 Å². The minimum atomic E-state index is -0.0538. The van der Waals surface area contributed by atoms with Crippen LogP contribution in [0.15, 0.2) is 376 Å². The van der Waals surface area contributed by atoms with Gasteiger partial charge in [-0.05, 0) is 340 Å². The molecular formula is C123H96. The molecule has 588 valence electrons. The maximum Gasteiger partial charge on any atom is 0.0272 e. The Morgan fingerprint density at radius 1 is 0.163 bits per heavy atom. The van der Waals surface area contributed by atoms with E-state index < -0.39 is 0 Å². The number of hydrogen-bond donors (Lipinski definition) is 0. The average Bonchev–Trinajstić information content (AvgIpc) is 1.52. The van der Waals surface area contributed by atoms with Gasteiger partial charge in [-0.15, -0.1) is 0 Å². The van der Waals surface area contributed by atoms with Gasteiger partial charge in [-0.25, -0.2) is 0 Å². The molecule has 0 aliphatic heterocycles. The van der Waals surface area contributed by atoms with Crippen LogP contribution in [0, 0.1) is 47.3 Å². The van der Waals surface area contributed by atoms with E-state index in [4.69, 9.17) is 0 Å². The second kappa shape index (κ2) is 27.5. The molecule has 8 saturated carbocycles. The summed E-state index contributed by atoms with van der Waals surface area (Å²) < 4.78 is 0. The van der Waals surface area contributed by atoms with Crippen molar-refractivity contribution in [3.8, 4) is 134 Å². The third kappa shape index (κ3) is 10.7. The summed E-state index contributed by atoms with van der Waals surface area (Å²) in [6.07, 6.45) is 14.3. The van der Waals surface area contributed by atoms with Gasteiger partial charge in [0.25, 0.3) is 0 Å². The van der Waals surface area contributed by atoms with Gasteiger partial charge >= 0.3 is 0 Å². The maximum absolute atomic E-state index is 2.62. The molecule has 2 spiro atoms. The van der Waals surface area contributed by atoms with E-state index in [-0.39, 0.29) is 16.2 Å². The monoisotopic (exact) mass is 1570 g/mol. The Balaban J connectivity index is 0.000000132. The summed E-state index contributed by atoms with van der Waals surface area (Å²) in [5, 5.41) is 10.3. The molecular weight excluding hydrogens is 1480 g/mol. The lowest BCUT2D eigenvalue weighted by Crippen LogP contribution is -2.55. The largest absolute Gasteiger partial charge is 0.0622 e. The lowest BCUT2D eigenvalue weighted by atomic mass is 9.43. The Hall–Kier alpha value is -13.0.